The molecule has 6 nitrogen and oxygen atoms in total. The Labute approximate surface area is 123 Å². The zero-order chi connectivity index (χ0) is 16.3. The topological polar surface area (TPSA) is 110 Å². The summed E-state index contributed by atoms with van der Waals surface area (Å²) in [5.74, 6) is -3.93. The predicted molar refractivity (Wildman–Crippen MR) is 76.3 cm³/mol. The molecule has 0 saturated carbocycles. The van der Waals surface area contributed by atoms with Gasteiger partial charge in [-0.3, -0.25) is 10.5 Å². The number of aliphatic hydroxyl groups is 1. The Morgan fingerprint density at radius 1 is 1.24 bits per heavy atom. The molecule has 0 heterocycles. The molecule has 0 aliphatic rings. The Morgan fingerprint density at radius 2 is 1.76 bits per heavy atom. The summed E-state index contributed by atoms with van der Waals surface area (Å²) in [6, 6.07) is 8.72. The number of esters is 1. The van der Waals surface area contributed by atoms with Crippen LogP contribution in [0.2, 0.25) is 0 Å². The summed E-state index contributed by atoms with van der Waals surface area (Å²) < 4.78 is 5.17. The number of carbonyl (C=O) groups is 2. The highest BCUT2D eigenvalue weighted by molar-refractivity contribution is 5.86. The Morgan fingerprint density at radius 3 is 2.19 bits per heavy atom. The molecule has 1 rings (SSSR count). The monoisotopic (exact) mass is 295 g/mol. The molecule has 1 aromatic rings. The van der Waals surface area contributed by atoms with Crippen molar-refractivity contribution in [3.8, 4) is 0 Å². The summed E-state index contributed by atoms with van der Waals surface area (Å²) >= 11 is 0. The van der Waals surface area contributed by atoms with Crippen LogP contribution in [0, 0.1) is 5.92 Å². The SMILES string of the molecule is CC(C)(C)OC(=O)C(Cc1ccccc1)C(N)(O)C(=O)O. The molecule has 0 aliphatic heterocycles. The van der Waals surface area contributed by atoms with Crippen molar-refractivity contribution in [1.82, 2.24) is 0 Å². The Bertz CT molecular complexity index is 505. The molecule has 0 radical (unpaired) electrons. The first kappa shape index (κ1) is 17.1. The Hall–Kier alpha value is -1.92. The van der Waals surface area contributed by atoms with Crippen molar-refractivity contribution in [3.05, 3.63) is 35.9 Å². The zero-order valence-electron chi connectivity index (χ0n) is 12.4. The lowest BCUT2D eigenvalue weighted by atomic mass is 9.89. The summed E-state index contributed by atoms with van der Waals surface area (Å²) in [5.41, 5.74) is 2.60. The van der Waals surface area contributed by atoms with Crippen LogP contribution in [0.1, 0.15) is 26.3 Å². The van der Waals surface area contributed by atoms with Crippen LogP contribution in [0.25, 0.3) is 0 Å². The third kappa shape index (κ3) is 4.84. The average molecular weight is 295 g/mol. The number of hydrogen-bond acceptors (Lipinski definition) is 5. The molecule has 0 fully saturated rings. The molecule has 21 heavy (non-hydrogen) atoms. The second-order valence-electron chi connectivity index (χ2n) is 5.91. The van der Waals surface area contributed by atoms with Gasteiger partial charge in [0.1, 0.15) is 11.5 Å². The van der Waals surface area contributed by atoms with Crippen LogP contribution in [-0.2, 0) is 20.7 Å². The predicted octanol–water partition coefficient (Wildman–Crippen LogP) is 0.919. The lowest BCUT2D eigenvalue weighted by Crippen LogP contribution is -2.58. The number of hydrogen-bond donors (Lipinski definition) is 3. The Kier molecular flexibility index (Phi) is 5.09. The maximum atomic E-state index is 12.2. The van der Waals surface area contributed by atoms with Crippen molar-refractivity contribution in [3.63, 3.8) is 0 Å². The molecule has 1 aromatic carbocycles. The molecule has 4 N–H and O–H groups in total. The van der Waals surface area contributed by atoms with Gasteiger partial charge in [0.25, 0.3) is 0 Å². The van der Waals surface area contributed by atoms with E-state index in [-0.39, 0.29) is 6.42 Å². The standard InChI is InChI=1S/C15H21NO5/c1-14(2,3)21-12(17)11(15(16,20)13(18)19)9-10-7-5-4-6-8-10/h4-8,11,20H,9,16H2,1-3H3,(H,18,19). The normalized spacial score (nSPS) is 15.9. The third-order valence-electron chi connectivity index (χ3n) is 2.85. The van der Waals surface area contributed by atoms with Crippen LogP contribution in [0.15, 0.2) is 30.3 Å². The molecule has 116 valence electrons. The highest BCUT2D eigenvalue weighted by atomic mass is 16.6. The van der Waals surface area contributed by atoms with Crippen molar-refractivity contribution >= 4 is 11.9 Å². The van der Waals surface area contributed by atoms with Crippen LogP contribution in [0.5, 0.6) is 0 Å². The van der Waals surface area contributed by atoms with Crippen LogP contribution in [0.3, 0.4) is 0 Å². The van der Waals surface area contributed by atoms with E-state index >= 15 is 0 Å². The van der Waals surface area contributed by atoms with Crippen LogP contribution in [0.4, 0.5) is 0 Å². The summed E-state index contributed by atoms with van der Waals surface area (Å²) in [5, 5.41) is 19.0. The van der Waals surface area contributed by atoms with Gasteiger partial charge in [-0.2, -0.15) is 0 Å². The van der Waals surface area contributed by atoms with E-state index in [1.807, 2.05) is 0 Å². The van der Waals surface area contributed by atoms with E-state index in [1.54, 1.807) is 51.1 Å². The summed E-state index contributed by atoms with van der Waals surface area (Å²) in [6.45, 7) is 4.96. The van der Waals surface area contributed by atoms with E-state index in [4.69, 9.17) is 15.6 Å². The zero-order valence-corrected chi connectivity index (χ0v) is 12.4. The minimum absolute atomic E-state index is 0.0327. The molecular weight excluding hydrogens is 274 g/mol. The highest BCUT2D eigenvalue weighted by Crippen LogP contribution is 2.23. The van der Waals surface area contributed by atoms with E-state index < -0.39 is 29.2 Å². The maximum absolute atomic E-state index is 12.2. The summed E-state index contributed by atoms with van der Waals surface area (Å²) in [4.78, 5) is 23.3. The number of nitrogens with two attached hydrogens (primary N) is 1. The van der Waals surface area contributed by atoms with E-state index in [0.29, 0.717) is 5.56 Å². The fraction of sp³-hybridized carbons (Fsp3) is 0.467. The minimum atomic E-state index is -2.70. The second-order valence-corrected chi connectivity index (χ2v) is 5.91. The smallest absolute Gasteiger partial charge is 0.351 e. The third-order valence-corrected chi connectivity index (χ3v) is 2.85. The van der Waals surface area contributed by atoms with Crippen LogP contribution < -0.4 is 5.73 Å². The number of carboxylic acid groups (broad SMARTS) is 1. The number of carbonyl (C=O) groups excluding carboxylic acids is 1. The molecule has 0 spiro atoms. The van der Waals surface area contributed by atoms with E-state index in [1.165, 1.54) is 0 Å². The van der Waals surface area contributed by atoms with Gasteiger partial charge in [-0.15, -0.1) is 0 Å². The quantitative estimate of drug-likeness (QED) is 0.550. The van der Waals surface area contributed by atoms with Crippen molar-refractivity contribution in [2.45, 2.75) is 38.5 Å². The van der Waals surface area contributed by atoms with Crippen LogP contribution >= 0.6 is 0 Å². The van der Waals surface area contributed by atoms with Gasteiger partial charge >= 0.3 is 11.9 Å². The van der Waals surface area contributed by atoms with Crippen molar-refractivity contribution in [2.24, 2.45) is 11.7 Å². The summed E-state index contributed by atoms with van der Waals surface area (Å²) in [6.07, 6.45) is -0.0327. The number of aliphatic carboxylic acids is 1. The minimum Gasteiger partial charge on any atom is -0.478 e. The molecule has 6 heteroatoms. The van der Waals surface area contributed by atoms with Gasteiger partial charge in [0.05, 0.1) is 0 Å². The molecule has 0 aliphatic carbocycles. The highest BCUT2D eigenvalue weighted by Gasteiger charge is 2.46. The fourth-order valence-electron chi connectivity index (χ4n) is 1.79. The number of benzene rings is 1. The molecule has 0 aromatic heterocycles. The number of ether oxygens (including phenoxy) is 1. The molecule has 0 saturated heterocycles. The van der Waals surface area contributed by atoms with Crippen molar-refractivity contribution in [2.75, 3.05) is 0 Å². The first-order chi connectivity index (χ1) is 9.54. The lowest BCUT2D eigenvalue weighted by molar-refractivity contribution is -0.182. The first-order valence-electron chi connectivity index (χ1n) is 6.55. The van der Waals surface area contributed by atoms with Gasteiger partial charge in [-0.05, 0) is 32.8 Å². The molecule has 0 amide bonds. The second kappa shape index (κ2) is 6.24. The maximum Gasteiger partial charge on any atom is 0.351 e. The van der Waals surface area contributed by atoms with Gasteiger partial charge in [0.2, 0.25) is 5.72 Å². The van der Waals surface area contributed by atoms with Crippen molar-refractivity contribution in [1.29, 1.82) is 0 Å². The number of rotatable bonds is 5. The van der Waals surface area contributed by atoms with Crippen molar-refractivity contribution < 1.29 is 24.5 Å². The molecule has 2 unspecified atom stereocenters. The lowest BCUT2D eigenvalue weighted by Gasteiger charge is -2.30. The van der Waals surface area contributed by atoms with Gasteiger partial charge in [-0.1, -0.05) is 30.3 Å². The van der Waals surface area contributed by atoms with E-state index in [2.05, 4.69) is 0 Å². The molecular formula is C15H21NO5. The number of carboxylic acids is 1. The largest absolute Gasteiger partial charge is 0.478 e. The van der Waals surface area contributed by atoms with E-state index in [9.17, 15) is 14.7 Å². The Balaban J connectivity index is 3.06. The summed E-state index contributed by atoms with van der Waals surface area (Å²) in [7, 11) is 0. The molecule has 0 bridgehead atoms. The fourth-order valence-corrected chi connectivity index (χ4v) is 1.79. The van der Waals surface area contributed by atoms with Gasteiger partial charge in [0, 0.05) is 0 Å². The van der Waals surface area contributed by atoms with E-state index in [0.717, 1.165) is 0 Å². The van der Waals surface area contributed by atoms with Crippen LogP contribution in [-0.4, -0.2) is 33.5 Å². The van der Waals surface area contributed by atoms with Gasteiger partial charge < -0.3 is 14.9 Å². The van der Waals surface area contributed by atoms with Gasteiger partial charge in [0.15, 0.2) is 0 Å². The average Bonchev–Trinajstić information content (AvgIpc) is 2.34. The molecule has 2 atom stereocenters. The first-order valence-corrected chi connectivity index (χ1v) is 6.55. The van der Waals surface area contributed by atoms with Gasteiger partial charge in [-0.25, -0.2) is 4.79 Å².